The van der Waals surface area contributed by atoms with Gasteiger partial charge in [-0.1, -0.05) is 84.6 Å². The fourth-order valence-electron chi connectivity index (χ4n) is 3.75. The molecular weight excluding hydrogens is 456 g/mol. The Kier molecular flexibility index (Phi) is 7.26. The molecule has 2 aromatic heterocycles. The highest BCUT2D eigenvalue weighted by Gasteiger charge is 2.14. The number of nitrogens with one attached hydrogen (secondary N) is 1. The number of aromatic nitrogens is 7. The van der Waals surface area contributed by atoms with Gasteiger partial charge in [0.15, 0.2) is 0 Å². The Bertz CT molecular complexity index is 1360. The van der Waals surface area contributed by atoms with Crippen molar-refractivity contribution in [2.45, 2.75) is 25.2 Å². The lowest BCUT2D eigenvalue weighted by atomic mass is 10.1. The minimum atomic E-state index is 0.627. The molecule has 9 heteroatoms. The highest BCUT2D eigenvalue weighted by atomic mass is 32.2. The van der Waals surface area contributed by atoms with Crippen LogP contribution in [-0.4, -0.2) is 47.5 Å². The van der Waals surface area contributed by atoms with Crippen molar-refractivity contribution in [1.82, 2.24) is 40.5 Å². The molecule has 3 aromatic carbocycles. The molecule has 0 unspecified atom stereocenters. The molecular formula is C26H26N8S. The summed E-state index contributed by atoms with van der Waals surface area (Å²) >= 11 is 1.62. The second-order valence-electron chi connectivity index (χ2n) is 8.05. The average molecular weight is 483 g/mol. The number of tetrazole rings is 1. The maximum atomic E-state index is 4.83. The predicted molar refractivity (Wildman–Crippen MR) is 137 cm³/mol. The molecule has 5 aromatic rings. The van der Waals surface area contributed by atoms with Crippen molar-refractivity contribution in [3.63, 3.8) is 0 Å². The molecule has 35 heavy (non-hydrogen) atoms. The van der Waals surface area contributed by atoms with Gasteiger partial charge in [-0.2, -0.15) is 19.7 Å². The summed E-state index contributed by atoms with van der Waals surface area (Å²) in [6.45, 7) is 4.17. The molecule has 0 aliphatic rings. The van der Waals surface area contributed by atoms with Gasteiger partial charge in [0.25, 0.3) is 0 Å². The number of para-hydroxylation sites is 1. The number of aryl methyl sites for hydroxylation is 1. The number of nitrogens with zero attached hydrogens (tertiary/aromatic N) is 7. The van der Waals surface area contributed by atoms with Crippen LogP contribution in [0, 0.1) is 6.92 Å². The van der Waals surface area contributed by atoms with Crippen LogP contribution in [0.5, 0.6) is 0 Å². The van der Waals surface area contributed by atoms with Gasteiger partial charge >= 0.3 is 0 Å². The summed E-state index contributed by atoms with van der Waals surface area (Å²) in [6.07, 6.45) is 0. The van der Waals surface area contributed by atoms with E-state index in [0.717, 1.165) is 40.1 Å². The normalized spacial score (nSPS) is 11.1. The van der Waals surface area contributed by atoms with Crippen LogP contribution < -0.4 is 5.32 Å². The number of rotatable bonds is 10. The van der Waals surface area contributed by atoms with E-state index in [-0.39, 0.29) is 0 Å². The quantitative estimate of drug-likeness (QED) is 0.236. The van der Waals surface area contributed by atoms with E-state index in [9.17, 15) is 0 Å². The third-order valence-electron chi connectivity index (χ3n) is 5.59. The van der Waals surface area contributed by atoms with Gasteiger partial charge in [0.1, 0.15) is 11.4 Å². The van der Waals surface area contributed by atoms with Crippen molar-refractivity contribution < 1.29 is 0 Å². The third kappa shape index (κ3) is 5.64. The van der Waals surface area contributed by atoms with Crippen LogP contribution in [-0.2, 0) is 13.1 Å². The smallest absolute Gasteiger partial charge is 0.214 e. The SMILES string of the molecule is Cc1ccccc1Cn1nc(CNCCSc2nnnn2-c2ccccc2)c(-c2ccccc2)n1. The molecule has 0 aliphatic heterocycles. The van der Waals surface area contributed by atoms with E-state index in [0.29, 0.717) is 13.1 Å². The van der Waals surface area contributed by atoms with E-state index in [2.05, 4.69) is 64.2 Å². The van der Waals surface area contributed by atoms with Gasteiger partial charge in [-0.25, -0.2) is 0 Å². The molecule has 0 bridgehead atoms. The largest absolute Gasteiger partial charge is 0.310 e. The number of benzene rings is 3. The van der Waals surface area contributed by atoms with Gasteiger partial charge in [-0.3, -0.25) is 0 Å². The topological polar surface area (TPSA) is 86.3 Å². The van der Waals surface area contributed by atoms with Crippen molar-refractivity contribution in [3.8, 4) is 16.9 Å². The Morgan fingerprint density at radius 1 is 0.857 bits per heavy atom. The Hall–Kier alpha value is -3.82. The van der Waals surface area contributed by atoms with E-state index >= 15 is 0 Å². The van der Waals surface area contributed by atoms with E-state index < -0.39 is 0 Å². The molecule has 0 spiro atoms. The van der Waals surface area contributed by atoms with Crippen LogP contribution in [0.3, 0.4) is 0 Å². The fourth-order valence-corrected chi connectivity index (χ4v) is 4.54. The lowest BCUT2D eigenvalue weighted by Crippen LogP contribution is -2.18. The summed E-state index contributed by atoms with van der Waals surface area (Å²) in [6, 6.07) is 28.5. The third-order valence-corrected chi connectivity index (χ3v) is 6.51. The molecule has 0 saturated carbocycles. The van der Waals surface area contributed by atoms with Crippen LogP contribution >= 0.6 is 11.8 Å². The summed E-state index contributed by atoms with van der Waals surface area (Å²) < 4.78 is 1.76. The van der Waals surface area contributed by atoms with Crippen molar-refractivity contribution in [3.05, 3.63) is 102 Å². The minimum absolute atomic E-state index is 0.627. The summed E-state index contributed by atoms with van der Waals surface area (Å²) in [5, 5.41) is 26.0. The van der Waals surface area contributed by atoms with Crippen molar-refractivity contribution in [1.29, 1.82) is 0 Å². The standard InChI is InChI=1S/C26H26N8S/c1-20-10-8-9-13-22(20)19-33-29-24(25(30-33)21-11-4-2-5-12-21)18-27-16-17-35-26-28-31-32-34(26)23-14-6-3-7-15-23/h2-15,27H,16-19H2,1H3. The van der Waals surface area contributed by atoms with Crippen LogP contribution in [0.4, 0.5) is 0 Å². The van der Waals surface area contributed by atoms with Crippen molar-refractivity contribution >= 4 is 11.8 Å². The number of hydrogen-bond acceptors (Lipinski definition) is 7. The lowest BCUT2D eigenvalue weighted by Gasteiger charge is -2.05. The van der Waals surface area contributed by atoms with Crippen molar-refractivity contribution in [2.24, 2.45) is 0 Å². The molecule has 0 radical (unpaired) electrons. The van der Waals surface area contributed by atoms with Gasteiger partial charge in [-0.15, -0.1) is 5.10 Å². The maximum Gasteiger partial charge on any atom is 0.214 e. The summed E-state index contributed by atoms with van der Waals surface area (Å²) in [5.41, 5.74) is 6.31. The van der Waals surface area contributed by atoms with Gasteiger partial charge in [-0.05, 0) is 40.6 Å². The molecule has 0 aliphatic carbocycles. The highest BCUT2D eigenvalue weighted by molar-refractivity contribution is 7.99. The minimum Gasteiger partial charge on any atom is -0.310 e. The average Bonchev–Trinajstić information content (AvgIpc) is 3.53. The second-order valence-corrected chi connectivity index (χ2v) is 9.11. The summed E-state index contributed by atoms with van der Waals surface area (Å²) in [4.78, 5) is 1.80. The summed E-state index contributed by atoms with van der Waals surface area (Å²) in [5.74, 6) is 0.825. The molecule has 8 nitrogen and oxygen atoms in total. The Balaban J connectivity index is 1.23. The van der Waals surface area contributed by atoms with E-state index in [1.54, 1.807) is 21.2 Å². The van der Waals surface area contributed by atoms with E-state index in [4.69, 9.17) is 10.2 Å². The fraction of sp³-hybridized carbons (Fsp3) is 0.192. The zero-order chi connectivity index (χ0) is 23.9. The molecule has 0 saturated heterocycles. The van der Waals surface area contributed by atoms with Crippen LogP contribution in [0.2, 0.25) is 0 Å². The molecule has 0 amide bonds. The van der Waals surface area contributed by atoms with E-state index in [1.807, 2.05) is 48.5 Å². The molecule has 0 fully saturated rings. The zero-order valence-electron chi connectivity index (χ0n) is 19.5. The molecule has 0 atom stereocenters. The van der Waals surface area contributed by atoms with E-state index in [1.165, 1.54) is 11.1 Å². The predicted octanol–water partition coefficient (Wildman–Crippen LogP) is 4.16. The molecule has 5 rings (SSSR count). The first-order chi connectivity index (χ1) is 17.3. The van der Waals surface area contributed by atoms with Gasteiger partial charge in [0, 0.05) is 24.4 Å². The van der Waals surface area contributed by atoms with Gasteiger partial charge in [0.05, 0.1) is 12.2 Å². The Morgan fingerprint density at radius 3 is 2.40 bits per heavy atom. The lowest BCUT2D eigenvalue weighted by molar-refractivity contribution is 0.577. The Morgan fingerprint density at radius 2 is 1.60 bits per heavy atom. The van der Waals surface area contributed by atoms with Crippen LogP contribution in [0.15, 0.2) is 90.1 Å². The van der Waals surface area contributed by atoms with Crippen molar-refractivity contribution in [2.75, 3.05) is 12.3 Å². The first-order valence-corrected chi connectivity index (χ1v) is 12.5. The van der Waals surface area contributed by atoms with Crippen LogP contribution in [0.1, 0.15) is 16.8 Å². The molecule has 176 valence electrons. The molecule has 2 heterocycles. The monoisotopic (exact) mass is 482 g/mol. The Labute approximate surface area is 208 Å². The zero-order valence-corrected chi connectivity index (χ0v) is 20.3. The van der Waals surface area contributed by atoms with Gasteiger partial charge in [0.2, 0.25) is 5.16 Å². The molecule has 1 N–H and O–H groups in total. The number of thioether (sulfide) groups is 1. The maximum absolute atomic E-state index is 4.83. The van der Waals surface area contributed by atoms with Gasteiger partial charge < -0.3 is 5.32 Å². The first-order valence-electron chi connectivity index (χ1n) is 11.5. The van der Waals surface area contributed by atoms with Crippen LogP contribution in [0.25, 0.3) is 16.9 Å². The number of hydrogen-bond donors (Lipinski definition) is 1. The second kappa shape index (κ2) is 11.1. The first kappa shape index (κ1) is 22.9. The highest BCUT2D eigenvalue weighted by Crippen LogP contribution is 2.21. The summed E-state index contributed by atoms with van der Waals surface area (Å²) in [7, 11) is 0.